The van der Waals surface area contributed by atoms with Crippen LogP contribution in [0, 0.1) is 0 Å². The fourth-order valence-corrected chi connectivity index (χ4v) is 2.75. The monoisotopic (exact) mass is 244 g/mol. The van der Waals surface area contributed by atoms with Crippen molar-refractivity contribution < 1.29 is 13.9 Å². The van der Waals surface area contributed by atoms with Crippen molar-refractivity contribution in [2.75, 3.05) is 7.11 Å². The van der Waals surface area contributed by atoms with Gasteiger partial charge in [0.15, 0.2) is 0 Å². The summed E-state index contributed by atoms with van der Waals surface area (Å²) in [6.45, 7) is 1.44. The minimum absolute atomic E-state index is 0.0484. The molecular weight excluding hydrogens is 235 g/mol. The molecule has 0 saturated carbocycles. The lowest BCUT2D eigenvalue weighted by atomic mass is 10.4. The summed E-state index contributed by atoms with van der Waals surface area (Å²) >= 11 is 5.71. The van der Waals surface area contributed by atoms with Crippen LogP contribution in [0.4, 0.5) is 0 Å². The number of hydrogen-bond donors (Lipinski definition) is 0. The van der Waals surface area contributed by atoms with Crippen LogP contribution in [-0.2, 0) is 9.09 Å². The molecule has 0 aromatic heterocycles. The summed E-state index contributed by atoms with van der Waals surface area (Å²) in [5.74, 6) is 0. The van der Waals surface area contributed by atoms with Crippen LogP contribution in [0.25, 0.3) is 5.53 Å². The summed E-state index contributed by atoms with van der Waals surface area (Å²) in [5.41, 5.74) is 8.68. The van der Waals surface area contributed by atoms with E-state index in [9.17, 15) is 4.57 Å². The Morgan fingerprint density at radius 1 is 1.47 bits per heavy atom. The van der Waals surface area contributed by atoms with Gasteiger partial charge in [-0.3, -0.25) is 4.57 Å². The summed E-state index contributed by atoms with van der Waals surface area (Å²) in [6.07, 6.45) is 0. The molecule has 1 unspecified atom stereocenters. The zero-order valence-corrected chi connectivity index (χ0v) is 10.00. The van der Waals surface area contributed by atoms with Gasteiger partial charge in [-0.15, -0.1) is 0 Å². The molecular formula is C9H10ClN2O2P. The maximum atomic E-state index is 12.3. The molecule has 0 amide bonds. The second-order valence-corrected chi connectivity index (χ2v) is 5.93. The Morgan fingerprint density at radius 3 is 2.40 bits per heavy atom. The van der Waals surface area contributed by atoms with Gasteiger partial charge in [0.2, 0.25) is 0 Å². The van der Waals surface area contributed by atoms with E-state index in [4.69, 9.17) is 21.7 Å². The normalized spacial score (nSPS) is 14.1. The van der Waals surface area contributed by atoms with E-state index in [2.05, 4.69) is 4.79 Å². The number of benzene rings is 1. The number of nitrogens with zero attached hydrogens (tertiary/aromatic N) is 2. The highest BCUT2D eigenvalue weighted by molar-refractivity contribution is 7.82. The van der Waals surface area contributed by atoms with Crippen molar-refractivity contribution in [2.45, 2.75) is 6.92 Å². The lowest BCUT2D eigenvalue weighted by molar-refractivity contribution is -0.00213. The molecule has 0 heterocycles. The van der Waals surface area contributed by atoms with Gasteiger partial charge < -0.3 is 10.1 Å². The van der Waals surface area contributed by atoms with E-state index in [0.717, 1.165) is 0 Å². The van der Waals surface area contributed by atoms with Crippen molar-refractivity contribution in [1.29, 1.82) is 0 Å². The summed E-state index contributed by atoms with van der Waals surface area (Å²) in [6, 6.07) is 6.38. The van der Waals surface area contributed by atoms with Crippen LogP contribution >= 0.6 is 19.0 Å². The molecule has 0 aliphatic carbocycles. The first kappa shape index (κ1) is 12.2. The largest absolute Gasteiger partial charge is 0.361 e. The standard InChI is InChI=1S/C9H10ClN2O2P/c1-7(12-11)15(13,14-2)9-5-3-8(10)4-6-9/h3-6H,1-2H3. The molecule has 80 valence electrons. The van der Waals surface area contributed by atoms with Crippen LogP contribution in [-0.4, -0.2) is 17.4 Å². The van der Waals surface area contributed by atoms with Gasteiger partial charge >= 0.3 is 12.8 Å². The van der Waals surface area contributed by atoms with E-state index in [1.807, 2.05) is 0 Å². The number of halogens is 1. The third-order valence-electron chi connectivity index (χ3n) is 1.99. The molecule has 1 aromatic rings. The van der Waals surface area contributed by atoms with E-state index in [1.54, 1.807) is 24.3 Å². The van der Waals surface area contributed by atoms with Gasteiger partial charge in [-0.1, -0.05) is 11.6 Å². The maximum absolute atomic E-state index is 12.3. The van der Waals surface area contributed by atoms with Crippen LogP contribution in [0.3, 0.4) is 0 Å². The molecule has 15 heavy (non-hydrogen) atoms. The van der Waals surface area contributed by atoms with E-state index in [-0.39, 0.29) is 5.45 Å². The lowest BCUT2D eigenvalue weighted by Crippen LogP contribution is -2.12. The van der Waals surface area contributed by atoms with Gasteiger partial charge in [-0.25, -0.2) is 0 Å². The van der Waals surface area contributed by atoms with Crippen LogP contribution in [0.2, 0.25) is 5.02 Å². The molecule has 6 heteroatoms. The van der Waals surface area contributed by atoms with Crippen molar-refractivity contribution >= 4 is 29.7 Å². The molecule has 0 bridgehead atoms. The van der Waals surface area contributed by atoms with Crippen LogP contribution in [0.5, 0.6) is 0 Å². The van der Waals surface area contributed by atoms with Crippen molar-refractivity contribution in [1.82, 2.24) is 0 Å². The predicted octanol–water partition coefficient (Wildman–Crippen LogP) is 2.54. The first-order valence-corrected chi connectivity index (χ1v) is 6.16. The molecule has 4 nitrogen and oxygen atoms in total. The highest BCUT2D eigenvalue weighted by atomic mass is 35.5. The summed E-state index contributed by atoms with van der Waals surface area (Å²) in [5, 5.41) is 0.990. The number of hydrogen-bond acceptors (Lipinski definition) is 2. The van der Waals surface area contributed by atoms with Gasteiger partial charge in [0, 0.05) is 24.4 Å². The topological polar surface area (TPSA) is 62.7 Å². The lowest BCUT2D eigenvalue weighted by Gasteiger charge is -2.09. The minimum atomic E-state index is -3.22. The minimum Gasteiger partial charge on any atom is -0.361 e. The van der Waals surface area contributed by atoms with Gasteiger partial charge in [0.05, 0.1) is 0 Å². The fraction of sp³-hybridized carbons (Fsp3) is 0.222. The highest BCUT2D eigenvalue weighted by Crippen LogP contribution is 2.45. The molecule has 1 atom stereocenters. The zero-order valence-electron chi connectivity index (χ0n) is 8.35. The molecule has 0 radical (unpaired) electrons. The van der Waals surface area contributed by atoms with Crippen molar-refractivity contribution in [3.63, 3.8) is 0 Å². The quantitative estimate of drug-likeness (QED) is 0.355. The average molecular weight is 245 g/mol. The first-order valence-electron chi connectivity index (χ1n) is 4.15. The molecule has 0 aliphatic rings. The van der Waals surface area contributed by atoms with E-state index < -0.39 is 7.37 Å². The van der Waals surface area contributed by atoms with Gasteiger partial charge in [-0.2, -0.15) is 4.79 Å². The molecule has 1 aromatic carbocycles. The van der Waals surface area contributed by atoms with Gasteiger partial charge in [0.25, 0.3) is 0 Å². The van der Waals surface area contributed by atoms with E-state index >= 15 is 0 Å². The third-order valence-corrected chi connectivity index (χ3v) is 4.68. The summed E-state index contributed by atoms with van der Waals surface area (Å²) in [7, 11) is -1.91. The molecule has 0 N–H and O–H groups in total. The second kappa shape index (κ2) is 4.73. The van der Waals surface area contributed by atoms with Crippen molar-refractivity contribution in [3.8, 4) is 0 Å². The zero-order chi connectivity index (χ0) is 11.5. The smallest absolute Gasteiger partial charge is 0.352 e. The second-order valence-electron chi connectivity index (χ2n) is 2.86. The van der Waals surface area contributed by atoms with E-state index in [0.29, 0.717) is 10.3 Å². The Labute approximate surface area is 92.9 Å². The van der Waals surface area contributed by atoms with Crippen LogP contribution in [0.1, 0.15) is 6.92 Å². The van der Waals surface area contributed by atoms with Crippen LogP contribution < -0.4 is 5.30 Å². The highest BCUT2D eigenvalue weighted by Gasteiger charge is 2.35. The Bertz CT molecular complexity index is 452. The number of rotatable bonds is 3. The summed E-state index contributed by atoms with van der Waals surface area (Å²) < 4.78 is 17.2. The first-order chi connectivity index (χ1) is 7.04. The van der Waals surface area contributed by atoms with Crippen LogP contribution in [0.15, 0.2) is 24.3 Å². The molecule has 0 saturated heterocycles. The van der Waals surface area contributed by atoms with Gasteiger partial charge in [0.1, 0.15) is 0 Å². The maximum Gasteiger partial charge on any atom is 0.352 e. The Balaban J connectivity index is 3.30. The molecule has 1 rings (SSSR count). The molecule has 0 spiro atoms. The SMILES string of the molecule is COP(=O)(C(C)=[N+]=[N-])c1ccc(Cl)cc1. The molecule has 0 aliphatic heterocycles. The van der Waals surface area contributed by atoms with Gasteiger partial charge in [-0.05, 0) is 24.3 Å². The average Bonchev–Trinajstić information content (AvgIpc) is 2.27. The Hall–Kier alpha value is -0.920. The molecule has 0 fully saturated rings. The Kier molecular flexibility index (Phi) is 3.83. The predicted molar refractivity (Wildman–Crippen MR) is 60.0 cm³/mol. The Morgan fingerprint density at radius 2 is 2.00 bits per heavy atom. The van der Waals surface area contributed by atoms with E-state index in [1.165, 1.54) is 14.0 Å². The van der Waals surface area contributed by atoms with Crippen molar-refractivity contribution in [2.24, 2.45) is 0 Å². The summed E-state index contributed by atoms with van der Waals surface area (Å²) in [4.78, 5) is 2.93. The third kappa shape index (κ3) is 2.36. The fourth-order valence-electron chi connectivity index (χ4n) is 1.12. The van der Waals surface area contributed by atoms with Crippen molar-refractivity contribution in [3.05, 3.63) is 34.8 Å².